The van der Waals surface area contributed by atoms with E-state index in [1.165, 1.54) is 5.56 Å². The van der Waals surface area contributed by atoms with E-state index in [9.17, 15) is 0 Å². The van der Waals surface area contributed by atoms with Crippen LogP contribution in [0, 0.1) is 11.7 Å². The second-order valence-corrected chi connectivity index (χ2v) is 7.21. The van der Waals surface area contributed by atoms with Crippen LogP contribution < -0.4 is 4.74 Å². The molecule has 5 nitrogen and oxygen atoms in total. The van der Waals surface area contributed by atoms with Gasteiger partial charge in [-0.2, -0.15) is 5.10 Å². The van der Waals surface area contributed by atoms with E-state index in [-0.39, 0.29) is 0 Å². The van der Waals surface area contributed by atoms with Crippen molar-refractivity contribution in [1.29, 1.82) is 0 Å². The molecule has 146 valence electrons. The zero-order chi connectivity index (χ0) is 19.9. The summed E-state index contributed by atoms with van der Waals surface area (Å²) in [5.74, 6) is 1.62. The third-order valence-corrected chi connectivity index (χ3v) is 4.77. The lowest BCUT2D eigenvalue weighted by Crippen LogP contribution is -2.22. The number of aromatic nitrogens is 3. The smallest absolute Gasteiger partial charge is 0.199 e. The molecule has 0 unspecified atom stereocenters. The standard InChI is InChI=1S/C22H26N4OS/c1-4-13-25-21(16-27-20-12-8-9-18(2)14-20)23-26(22(25)28)17-24(3)15-19-10-6-5-7-11-19/h4-12,14H,1,13,15-17H2,2-3H3. The van der Waals surface area contributed by atoms with Crippen molar-refractivity contribution in [2.45, 2.75) is 33.3 Å². The van der Waals surface area contributed by atoms with Gasteiger partial charge in [0.2, 0.25) is 0 Å². The topological polar surface area (TPSA) is 35.2 Å². The number of hydrogen-bond acceptors (Lipinski definition) is 4. The van der Waals surface area contributed by atoms with E-state index in [2.05, 4.69) is 30.7 Å². The highest BCUT2D eigenvalue weighted by molar-refractivity contribution is 7.71. The summed E-state index contributed by atoms with van der Waals surface area (Å²) in [6.45, 7) is 8.28. The van der Waals surface area contributed by atoms with Crippen LogP contribution in [0.25, 0.3) is 0 Å². The van der Waals surface area contributed by atoms with Crippen molar-refractivity contribution in [3.05, 3.63) is 89.0 Å². The van der Waals surface area contributed by atoms with Gasteiger partial charge in [-0.15, -0.1) is 6.58 Å². The molecule has 0 fully saturated rings. The van der Waals surface area contributed by atoms with Gasteiger partial charge in [0.1, 0.15) is 12.4 Å². The molecule has 1 aromatic heterocycles. The molecule has 0 saturated heterocycles. The molecule has 0 saturated carbocycles. The van der Waals surface area contributed by atoms with Gasteiger partial charge in [-0.25, -0.2) is 4.68 Å². The highest BCUT2D eigenvalue weighted by Gasteiger charge is 2.12. The van der Waals surface area contributed by atoms with E-state index in [4.69, 9.17) is 22.1 Å². The molecule has 1 heterocycles. The summed E-state index contributed by atoms with van der Waals surface area (Å²) >= 11 is 5.65. The minimum absolute atomic E-state index is 0.357. The van der Waals surface area contributed by atoms with Crippen molar-refractivity contribution >= 4 is 12.2 Å². The van der Waals surface area contributed by atoms with Gasteiger partial charge in [0, 0.05) is 13.1 Å². The highest BCUT2D eigenvalue weighted by atomic mass is 32.1. The summed E-state index contributed by atoms with van der Waals surface area (Å²) in [6, 6.07) is 18.4. The second kappa shape index (κ2) is 9.48. The second-order valence-electron chi connectivity index (χ2n) is 6.84. The minimum Gasteiger partial charge on any atom is -0.486 e. The van der Waals surface area contributed by atoms with Gasteiger partial charge in [-0.3, -0.25) is 9.47 Å². The summed E-state index contributed by atoms with van der Waals surface area (Å²) in [4.78, 5) is 2.18. The lowest BCUT2D eigenvalue weighted by atomic mass is 10.2. The average molecular weight is 395 g/mol. The Labute approximate surface area is 171 Å². The van der Waals surface area contributed by atoms with Crippen LogP contribution in [0.15, 0.2) is 67.3 Å². The fraction of sp³-hybridized carbons (Fsp3) is 0.273. The summed E-state index contributed by atoms with van der Waals surface area (Å²) in [5.41, 5.74) is 2.42. The fourth-order valence-electron chi connectivity index (χ4n) is 3.02. The zero-order valence-corrected chi connectivity index (χ0v) is 17.2. The molecule has 28 heavy (non-hydrogen) atoms. The Kier molecular flexibility index (Phi) is 6.79. The zero-order valence-electron chi connectivity index (χ0n) is 16.4. The summed E-state index contributed by atoms with van der Waals surface area (Å²) in [6.07, 6.45) is 1.83. The molecular formula is C22H26N4OS. The molecule has 0 radical (unpaired) electrons. The molecule has 0 N–H and O–H groups in total. The first-order valence-corrected chi connectivity index (χ1v) is 9.67. The maximum atomic E-state index is 5.94. The molecule has 0 aliphatic heterocycles. The van der Waals surface area contributed by atoms with Gasteiger partial charge in [-0.1, -0.05) is 48.5 Å². The first-order valence-electron chi connectivity index (χ1n) is 9.26. The van der Waals surface area contributed by atoms with Crippen LogP contribution in [0.2, 0.25) is 0 Å². The predicted molar refractivity (Wildman–Crippen MR) is 115 cm³/mol. The van der Waals surface area contributed by atoms with Crippen LogP contribution >= 0.6 is 12.2 Å². The lowest BCUT2D eigenvalue weighted by molar-refractivity contribution is 0.241. The van der Waals surface area contributed by atoms with Gasteiger partial charge < -0.3 is 4.74 Å². The van der Waals surface area contributed by atoms with Gasteiger partial charge in [-0.05, 0) is 49.4 Å². The van der Waals surface area contributed by atoms with Crippen molar-refractivity contribution in [2.75, 3.05) is 7.05 Å². The summed E-state index contributed by atoms with van der Waals surface area (Å²) in [5, 5.41) is 4.71. The van der Waals surface area contributed by atoms with Crippen LogP contribution in [0.4, 0.5) is 0 Å². The van der Waals surface area contributed by atoms with Crippen molar-refractivity contribution < 1.29 is 4.74 Å². The molecule has 0 amide bonds. The van der Waals surface area contributed by atoms with Crippen molar-refractivity contribution in [1.82, 2.24) is 19.2 Å². The number of benzene rings is 2. The quantitative estimate of drug-likeness (QED) is 0.393. The van der Waals surface area contributed by atoms with E-state index >= 15 is 0 Å². The predicted octanol–water partition coefficient (Wildman–Crippen LogP) is 4.58. The average Bonchev–Trinajstić information content (AvgIpc) is 2.96. The van der Waals surface area contributed by atoms with Gasteiger partial charge in [0.05, 0.1) is 6.67 Å². The first-order chi connectivity index (χ1) is 13.6. The van der Waals surface area contributed by atoms with Crippen LogP contribution in [0.3, 0.4) is 0 Å². The number of rotatable bonds is 9. The Morgan fingerprint density at radius 2 is 1.96 bits per heavy atom. The maximum absolute atomic E-state index is 5.94. The SMILES string of the molecule is C=CCn1c(COc2cccc(C)c2)nn(CN(C)Cc2ccccc2)c1=S. The molecule has 0 aliphatic rings. The van der Waals surface area contributed by atoms with Crippen LogP contribution in [0.1, 0.15) is 17.0 Å². The van der Waals surface area contributed by atoms with Crippen molar-refractivity contribution in [3.63, 3.8) is 0 Å². The minimum atomic E-state index is 0.357. The molecule has 3 rings (SSSR count). The van der Waals surface area contributed by atoms with Crippen LogP contribution in [0.5, 0.6) is 5.75 Å². The van der Waals surface area contributed by atoms with E-state index in [0.29, 0.717) is 24.6 Å². The Hall–Kier alpha value is -2.70. The molecular weight excluding hydrogens is 368 g/mol. The molecule has 0 bridgehead atoms. The van der Waals surface area contributed by atoms with E-state index < -0.39 is 0 Å². The number of ether oxygens (including phenoxy) is 1. The van der Waals surface area contributed by atoms with E-state index in [1.807, 2.05) is 64.7 Å². The van der Waals surface area contributed by atoms with Crippen LogP contribution in [-0.4, -0.2) is 26.3 Å². The third-order valence-electron chi connectivity index (χ3n) is 4.34. The molecule has 0 atom stereocenters. The maximum Gasteiger partial charge on any atom is 0.199 e. The number of hydrogen-bond donors (Lipinski definition) is 0. The lowest BCUT2D eigenvalue weighted by Gasteiger charge is -2.16. The Morgan fingerprint density at radius 1 is 1.18 bits per heavy atom. The Balaban J connectivity index is 1.74. The number of allylic oxidation sites excluding steroid dienone is 1. The normalized spacial score (nSPS) is 11.0. The molecule has 6 heteroatoms. The summed E-state index contributed by atoms with van der Waals surface area (Å²) in [7, 11) is 2.06. The first kappa shape index (κ1) is 20.0. The number of nitrogens with zero attached hydrogens (tertiary/aromatic N) is 4. The molecule has 0 aliphatic carbocycles. The van der Waals surface area contributed by atoms with Crippen molar-refractivity contribution in [3.8, 4) is 5.75 Å². The molecule has 0 spiro atoms. The van der Waals surface area contributed by atoms with Gasteiger partial charge >= 0.3 is 0 Å². The Bertz CT molecular complexity index is 978. The molecule has 2 aromatic carbocycles. The third kappa shape index (κ3) is 5.18. The van der Waals surface area contributed by atoms with Gasteiger partial charge in [0.25, 0.3) is 0 Å². The highest BCUT2D eigenvalue weighted by Crippen LogP contribution is 2.15. The van der Waals surface area contributed by atoms with Crippen LogP contribution in [-0.2, 0) is 26.4 Å². The van der Waals surface area contributed by atoms with Crippen molar-refractivity contribution in [2.24, 2.45) is 0 Å². The van der Waals surface area contributed by atoms with E-state index in [1.54, 1.807) is 0 Å². The monoisotopic (exact) mass is 394 g/mol. The molecule has 3 aromatic rings. The summed E-state index contributed by atoms with van der Waals surface area (Å²) < 4.78 is 10.4. The fourth-order valence-corrected chi connectivity index (χ4v) is 3.30. The number of aryl methyl sites for hydroxylation is 1. The Morgan fingerprint density at radius 3 is 2.68 bits per heavy atom. The largest absolute Gasteiger partial charge is 0.486 e. The van der Waals surface area contributed by atoms with Gasteiger partial charge in [0.15, 0.2) is 10.6 Å². The van der Waals surface area contributed by atoms with E-state index in [0.717, 1.165) is 23.7 Å².